The van der Waals surface area contributed by atoms with Crippen molar-refractivity contribution >= 4 is 46.3 Å². The molecule has 13 heteroatoms. The number of thiophene rings is 1. The predicted molar refractivity (Wildman–Crippen MR) is 167 cm³/mol. The van der Waals surface area contributed by atoms with E-state index in [1.807, 2.05) is 6.07 Å². The summed E-state index contributed by atoms with van der Waals surface area (Å²) in [5, 5.41) is 3.25. The van der Waals surface area contributed by atoms with Gasteiger partial charge in [0.2, 0.25) is 5.95 Å². The number of alkyl halides is 3. The summed E-state index contributed by atoms with van der Waals surface area (Å²) in [4.78, 5) is 30.0. The number of nitrogens with zero attached hydrogens (tertiary/aromatic N) is 5. The molecule has 3 aromatic rings. The van der Waals surface area contributed by atoms with Gasteiger partial charge in [0.25, 0.3) is 5.91 Å². The minimum absolute atomic E-state index is 0.00953. The highest BCUT2D eigenvalue weighted by Gasteiger charge is 2.38. The maximum absolute atomic E-state index is 14.2. The lowest BCUT2D eigenvalue weighted by Crippen LogP contribution is -2.55. The van der Waals surface area contributed by atoms with Gasteiger partial charge >= 0.3 is 6.18 Å². The highest BCUT2D eigenvalue weighted by molar-refractivity contribution is 7.99. The Labute approximate surface area is 263 Å². The molecule has 1 aliphatic carbocycles. The zero-order valence-corrected chi connectivity index (χ0v) is 26.5. The number of nitrogens with one attached hydrogen (secondary N) is 1. The van der Waals surface area contributed by atoms with Gasteiger partial charge in [0.15, 0.2) is 0 Å². The quantitative estimate of drug-likeness (QED) is 0.334. The molecule has 2 unspecified atom stereocenters. The second-order valence-corrected chi connectivity index (χ2v) is 14.4. The number of fused-ring (bicyclic) bond motifs is 1. The maximum Gasteiger partial charge on any atom is 0.420 e. The van der Waals surface area contributed by atoms with Crippen LogP contribution in [-0.4, -0.2) is 89.4 Å². The van der Waals surface area contributed by atoms with Gasteiger partial charge in [-0.1, -0.05) is 0 Å². The van der Waals surface area contributed by atoms with Gasteiger partial charge in [-0.25, -0.2) is 9.97 Å². The summed E-state index contributed by atoms with van der Waals surface area (Å²) in [7, 11) is 2.16. The monoisotopic (exact) mass is 644 g/mol. The molecule has 0 bridgehead atoms. The van der Waals surface area contributed by atoms with Crippen molar-refractivity contribution < 1.29 is 22.7 Å². The largest absolute Gasteiger partial charge is 0.420 e. The van der Waals surface area contributed by atoms with Crippen LogP contribution in [0.25, 0.3) is 10.6 Å². The fourth-order valence-electron chi connectivity index (χ4n) is 6.15. The van der Waals surface area contributed by atoms with E-state index >= 15 is 0 Å². The van der Waals surface area contributed by atoms with E-state index in [1.165, 1.54) is 11.8 Å². The van der Waals surface area contributed by atoms with Crippen molar-refractivity contribution in [2.75, 3.05) is 55.9 Å². The first-order chi connectivity index (χ1) is 21.1. The van der Waals surface area contributed by atoms with Crippen molar-refractivity contribution in [1.29, 1.82) is 0 Å². The molecule has 44 heavy (non-hydrogen) atoms. The third-order valence-electron chi connectivity index (χ3n) is 9.16. The lowest BCUT2D eigenvalue weighted by atomic mass is 10.0. The topological polar surface area (TPSA) is 73.8 Å². The van der Waals surface area contributed by atoms with Crippen LogP contribution in [0.3, 0.4) is 0 Å². The summed E-state index contributed by atoms with van der Waals surface area (Å²) in [5.74, 6) is 1.00. The van der Waals surface area contributed by atoms with Crippen molar-refractivity contribution in [2.24, 2.45) is 0 Å². The van der Waals surface area contributed by atoms with Crippen LogP contribution in [0.1, 0.15) is 53.4 Å². The smallest absolute Gasteiger partial charge is 0.377 e. The Kier molecular flexibility index (Phi) is 7.79. The third kappa shape index (κ3) is 5.67. The molecule has 0 spiro atoms. The van der Waals surface area contributed by atoms with Crippen LogP contribution in [0, 0.1) is 0 Å². The minimum atomic E-state index is -4.65. The number of halogens is 3. The van der Waals surface area contributed by atoms with E-state index < -0.39 is 11.7 Å². The Morgan fingerprint density at radius 2 is 1.84 bits per heavy atom. The number of anilines is 3. The zero-order chi connectivity index (χ0) is 30.7. The molecule has 5 heterocycles. The summed E-state index contributed by atoms with van der Waals surface area (Å²) >= 11 is 2.56. The van der Waals surface area contributed by atoms with E-state index in [9.17, 15) is 18.0 Å². The van der Waals surface area contributed by atoms with Gasteiger partial charge in [-0.3, -0.25) is 9.69 Å². The number of rotatable bonds is 6. The third-order valence-corrected chi connectivity index (χ3v) is 11.4. The van der Waals surface area contributed by atoms with Crippen molar-refractivity contribution in [3.63, 3.8) is 0 Å². The number of ether oxygens (including phenoxy) is 1. The molecule has 1 N–H and O–H groups in total. The molecule has 2 atom stereocenters. The van der Waals surface area contributed by atoms with Crippen LogP contribution in [0.4, 0.5) is 30.5 Å². The fourth-order valence-corrected chi connectivity index (χ4v) is 8.47. The summed E-state index contributed by atoms with van der Waals surface area (Å²) in [6.07, 6.45) is -1.66. The Hall–Kier alpha value is -2.87. The molecule has 3 aliphatic heterocycles. The molecule has 7 rings (SSSR count). The number of carbonyl (C=O) groups is 1. The van der Waals surface area contributed by atoms with Crippen molar-refractivity contribution in [1.82, 2.24) is 19.8 Å². The highest BCUT2D eigenvalue weighted by Crippen LogP contribution is 2.47. The number of hydrogen-bond acceptors (Lipinski definition) is 9. The van der Waals surface area contributed by atoms with Gasteiger partial charge in [-0.2, -0.15) is 13.2 Å². The van der Waals surface area contributed by atoms with Crippen LogP contribution in [-0.2, 0) is 10.9 Å². The predicted octanol–water partition coefficient (Wildman–Crippen LogP) is 6.32. The van der Waals surface area contributed by atoms with E-state index in [1.54, 1.807) is 11.0 Å². The Morgan fingerprint density at radius 1 is 1.09 bits per heavy atom. The molecule has 1 amide bonds. The Morgan fingerprint density at radius 3 is 2.50 bits per heavy atom. The number of carbonyl (C=O) groups excluding carboxylic acids is 1. The number of amides is 1. The standard InChI is InChI=1S/C31H35F3N6O2S2/c1-17-13-39(14-18(2)38(17)3)20-6-7-24(22(10-20)19-4-5-19)36-30-35-12-23(31(32,33)34)27(37-30)25-11-26-28(44-25)29(41)40(8-9-43-26)21-15-42-16-21/h6-7,10-12,17-19,21H,4-5,8-9,13-16H2,1-3H3,(H,35,36,37). The second kappa shape index (κ2) is 11.5. The number of piperazine rings is 1. The molecule has 8 nitrogen and oxygen atoms in total. The Bertz CT molecular complexity index is 1560. The molecule has 2 aromatic heterocycles. The highest BCUT2D eigenvalue weighted by atomic mass is 32.2. The molecule has 4 aliphatic rings. The molecular formula is C31H35F3N6O2S2. The average Bonchev–Trinajstić information content (AvgIpc) is 3.74. The van der Waals surface area contributed by atoms with E-state index in [-0.39, 0.29) is 23.6 Å². The van der Waals surface area contributed by atoms with E-state index in [2.05, 4.69) is 58.1 Å². The number of benzene rings is 1. The van der Waals surface area contributed by atoms with Gasteiger partial charge in [0.1, 0.15) is 10.4 Å². The lowest BCUT2D eigenvalue weighted by molar-refractivity contribution is -0.137. The first kappa shape index (κ1) is 29.8. The van der Waals surface area contributed by atoms with Crippen molar-refractivity contribution in [3.8, 4) is 10.6 Å². The second-order valence-electron chi connectivity index (χ2n) is 12.2. The molecule has 1 saturated carbocycles. The Balaban J connectivity index is 1.20. The van der Waals surface area contributed by atoms with Gasteiger partial charge in [-0.15, -0.1) is 23.1 Å². The van der Waals surface area contributed by atoms with Crippen molar-refractivity contribution in [2.45, 2.75) is 61.8 Å². The first-order valence-electron chi connectivity index (χ1n) is 15.0. The number of thioether (sulfide) groups is 1. The van der Waals surface area contributed by atoms with E-state index in [0.717, 1.165) is 60.4 Å². The summed E-state index contributed by atoms with van der Waals surface area (Å²) in [5.41, 5.74) is 1.96. The minimum Gasteiger partial charge on any atom is -0.377 e. The zero-order valence-electron chi connectivity index (χ0n) is 24.9. The summed E-state index contributed by atoms with van der Waals surface area (Å²) < 4.78 is 47.9. The van der Waals surface area contributed by atoms with Gasteiger partial charge in [-0.05, 0) is 69.5 Å². The number of likely N-dealkylation sites (N-methyl/N-ethyl adjacent to an activating group) is 1. The van der Waals surface area contributed by atoms with Crippen molar-refractivity contribution in [3.05, 3.63) is 46.5 Å². The maximum atomic E-state index is 14.2. The van der Waals surface area contributed by atoms with E-state index in [4.69, 9.17) is 4.74 Å². The van der Waals surface area contributed by atoms with Crippen LogP contribution in [0.5, 0.6) is 0 Å². The molecule has 3 fully saturated rings. The van der Waals surface area contributed by atoms with Gasteiger partial charge in [0.05, 0.1) is 29.8 Å². The molecule has 1 aromatic carbocycles. The van der Waals surface area contributed by atoms with Gasteiger partial charge in [0, 0.05) is 59.9 Å². The SMILES string of the molecule is CC1CN(c2ccc(Nc3ncc(C(F)(F)F)c(-c4cc5c(s4)C(=O)N(C4COC4)CCS5)n3)c(C3CC3)c2)CC(C)N1C. The summed E-state index contributed by atoms with van der Waals surface area (Å²) in [6.45, 7) is 7.89. The molecule has 234 valence electrons. The number of aromatic nitrogens is 2. The summed E-state index contributed by atoms with van der Waals surface area (Å²) in [6, 6.07) is 8.82. The molecule has 0 radical (unpaired) electrons. The van der Waals surface area contributed by atoms with Crippen LogP contribution >= 0.6 is 23.1 Å². The normalized spacial score (nSPS) is 23.4. The molecular weight excluding hydrogens is 610 g/mol. The first-order valence-corrected chi connectivity index (χ1v) is 16.8. The lowest BCUT2D eigenvalue weighted by Gasteiger charge is -2.43. The number of hydrogen-bond donors (Lipinski definition) is 1. The van der Waals surface area contributed by atoms with Gasteiger partial charge < -0.3 is 19.9 Å². The van der Waals surface area contributed by atoms with Crippen LogP contribution in [0.15, 0.2) is 35.4 Å². The average molecular weight is 645 g/mol. The van der Waals surface area contributed by atoms with Crippen LogP contribution < -0.4 is 10.2 Å². The van der Waals surface area contributed by atoms with E-state index in [0.29, 0.717) is 58.2 Å². The molecule has 2 saturated heterocycles. The fraction of sp³-hybridized carbons (Fsp3) is 0.516. The van der Waals surface area contributed by atoms with Crippen LogP contribution in [0.2, 0.25) is 0 Å².